The van der Waals surface area contributed by atoms with Gasteiger partial charge in [0, 0.05) is 6.54 Å². The molecule has 1 aliphatic heterocycles. The Bertz CT molecular complexity index is 119. The van der Waals surface area contributed by atoms with E-state index in [1.165, 1.54) is 0 Å². The number of nitrogens with one attached hydrogen (secondary N) is 1. The van der Waals surface area contributed by atoms with Gasteiger partial charge in [-0.25, -0.2) is 0 Å². The van der Waals surface area contributed by atoms with Gasteiger partial charge in [-0.3, -0.25) is 0 Å². The smallest absolute Gasteiger partial charge is 0.0797 e. The molecule has 2 unspecified atom stereocenters. The second-order valence-electron chi connectivity index (χ2n) is 3.69. The highest BCUT2D eigenvalue weighted by molar-refractivity contribution is 4.88. The van der Waals surface area contributed by atoms with Crippen molar-refractivity contribution in [2.75, 3.05) is 13.1 Å². The molecule has 1 fully saturated rings. The summed E-state index contributed by atoms with van der Waals surface area (Å²) in [6.45, 7) is 6.12. The Kier molecular flexibility index (Phi) is 2.90. The summed E-state index contributed by atoms with van der Waals surface area (Å²) in [6.07, 6.45) is 3.15. The quantitative estimate of drug-likeness (QED) is 0.630. The number of aliphatic hydroxyl groups is 1. The van der Waals surface area contributed by atoms with Crippen molar-refractivity contribution in [3.63, 3.8) is 0 Å². The zero-order valence-corrected chi connectivity index (χ0v) is 7.56. The molecule has 0 saturated carbocycles. The van der Waals surface area contributed by atoms with E-state index in [0.29, 0.717) is 5.92 Å². The van der Waals surface area contributed by atoms with Crippen LogP contribution in [0.4, 0.5) is 0 Å². The van der Waals surface area contributed by atoms with Gasteiger partial charge in [-0.2, -0.15) is 0 Å². The molecule has 0 amide bonds. The van der Waals surface area contributed by atoms with E-state index >= 15 is 0 Å². The van der Waals surface area contributed by atoms with Crippen LogP contribution in [0.25, 0.3) is 0 Å². The molecule has 1 rings (SSSR count). The molecule has 0 aromatic rings. The molecule has 0 aromatic carbocycles. The van der Waals surface area contributed by atoms with E-state index in [9.17, 15) is 5.11 Å². The minimum atomic E-state index is -0.424. The van der Waals surface area contributed by atoms with Gasteiger partial charge in [0.2, 0.25) is 0 Å². The van der Waals surface area contributed by atoms with Gasteiger partial charge >= 0.3 is 0 Å². The van der Waals surface area contributed by atoms with Crippen LogP contribution in [0, 0.1) is 5.92 Å². The lowest BCUT2D eigenvalue weighted by atomic mass is 9.81. The predicted octanol–water partition coefficient (Wildman–Crippen LogP) is 1.15. The summed E-state index contributed by atoms with van der Waals surface area (Å²) < 4.78 is 0. The Morgan fingerprint density at radius 3 is 2.82 bits per heavy atom. The summed E-state index contributed by atoms with van der Waals surface area (Å²) >= 11 is 0. The molecule has 2 heteroatoms. The summed E-state index contributed by atoms with van der Waals surface area (Å²) in [6, 6.07) is 0. The van der Waals surface area contributed by atoms with Crippen LogP contribution < -0.4 is 5.32 Å². The zero-order valence-electron chi connectivity index (χ0n) is 7.56. The third kappa shape index (κ3) is 1.94. The second-order valence-corrected chi connectivity index (χ2v) is 3.69. The summed E-state index contributed by atoms with van der Waals surface area (Å²) in [4.78, 5) is 0. The Balaban J connectivity index is 2.49. The highest BCUT2D eigenvalue weighted by Gasteiger charge is 2.33. The minimum Gasteiger partial charge on any atom is -0.388 e. The standard InChI is InChI=1S/C9H19NO/c1-3-8(2)9(11)5-4-6-10-7-9/h8,10-11H,3-7H2,1-2H3. The molecule has 11 heavy (non-hydrogen) atoms. The Labute approximate surface area is 69.0 Å². The van der Waals surface area contributed by atoms with E-state index in [1.807, 2.05) is 0 Å². The summed E-state index contributed by atoms with van der Waals surface area (Å²) in [7, 11) is 0. The number of hydrogen-bond acceptors (Lipinski definition) is 2. The topological polar surface area (TPSA) is 32.3 Å². The van der Waals surface area contributed by atoms with Crippen molar-refractivity contribution < 1.29 is 5.11 Å². The van der Waals surface area contributed by atoms with Crippen molar-refractivity contribution in [2.45, 2.75) is 38.7 Å². The molecule has 66 valence electrons. The summed E-state index contributed by atoms with van der Waals surface area (Å²) in [5.74, 6) is 0.426. The Morgan fingerprint density at radius 1 is 1.64 bits per heavy atom. The number of hydrogen-bond donors (Lipinski definition) is 2. The minimum absolute atomic E-state index is 0.424. The van der Waals surface area contributed by atoms with Gasteiger partial charge in [-0.1, -0.05) is 20.3 Å². The van der Waals surface area contributed by atoms with Gasteiger partial charge in [0.25, 0.3) is 0 Å². The Morgan fingerprint density at radius 2 is 2.36 bits per heavy atom. The fourth-order valence-electron chi connectivity index (χ4n) is 1.71. The molecular formula is C9H19NO. The molecule has 2 N–H and O–H groups in total. The van der Waals surface area contributed by atoms with Crippen molar-refractivity contribution in [1.82, 2.24) is 5.32 Å². The van der Waals surface area contributed by atoms with Crippen LogP contribution in [0.1, 0.15) is 33.1 Å². The lowest BCUT2D eigenvalue weighted by Crippen LogP contribution is -2.49. The molecule has 0 aliphatic carbocycles. The van der Waals surface area contributed by atoms with E-state index in [0.717, 1.165) is 32.4 Å². The van der Waals surface area contributed by atoms with Gasteiger partial charge in [-0.15, -0.1) is 0 Å². The largest absolute Gasteiger partial charge is 0.388 e. The van der Waals surface area contributed by atoms with Crippen LogP contribution in [0.2, 0.25) is 0 Å². The maximum Gasteiger partial charge on any atom is 0.0797 e. The molecule has 0 bridgehead atoms. The van der Waals surface area contributed by atoms with Gasteiger partial charge < -0.3 is 10.4 Å². The monoisotopic (exact) mass is 157 g/mol. The van der Waals surface area contributed by atoms with Gasteiger partial charge in [-0.05, 0) is 25.3 Å². The van der Waals surface area contributed by atoms with E-state index in [4.69, 9.17) is 0 Å². The van der Waals surface area contributed by atoms with Gasteiger partial charge in [0.15, 0.2) is 0 Å². The van der Waals surface area contributed by atoms with Crippen LogP contribution in [-0.4, -0.2) is 23.8 Å². The molecular weight excluding hydrogens is 138 g/mol. The highest BCUT2D eigenvalue weighted by Crippen LogP contribution is 2.26. The van der Waals surface area contributed by atoms with E-state index in [1.54, 1.807) is 0 Å². The first-order valence-electron chi connectivity index (χ1n) is 4.62. The van der Waals surface area contributed by atoms with Crippen molar-refractivity contribution >= 4 is 0 Å². The molecule has 1 aliphatic rings. The maximum atomic E-state index is 10.1. The lowest BCUT2D eigenvalue weighted by molar-refractivity contribution is -0.0325. The maximum absolute atomic E-state index is 10.1. The fourth-order valence-corrected chi connectivity index (χ4v) is 1.71. The summed E-state index contributed by atoms with van der Waals surface area (Å²) in [5.41, 5.74) is -0.424. The molecule has 2 atom stereocenters. The molecule has 0 radical (unpaired) electrons. The third-order valence-corrected chi connectivity index (χ3v) is 2.92. The SMILES string of the molecule is CCC(C)C1(O)CCCNC1. The molecule has 1 saturated heterocycles. The fraction of sp³-hybridized carbons (Fsp3) is 1.00. The second kappa shape index (κ2) is 3.55. The first kappa shape index (κ1) is 9.01. The molecule has 2 nitrogen and oxygen atoms in total. The van der Waals surface area contributed by atoms with Gasteiger partial charge in [0.1, 0.15) is 0 Å². The van der Waals surface area contributed by atoms with Crippen LogP contribution in [-0.2, 0) is 0 Å². The number of β-amino-alcohol motifs (C(OH)–C–C–N with tert-alkyl or cyclic N) is 1. The van der Waals surface area contributed by atoms with Crippen molar-refractivity contribution in [1.29, 1.82) is 0 Å². The predicted molar refractivity (Wildman–Crippen MR) is 46.5 cm³/mol. The van der Waals surface area contributed by atoms with Gasteiger partial charge in [0.05, 0.1) is 5.60 Å². The van der Waals surface area contributed by atoms with Crippen LogP contribution >= 0.6 is 0 Å². The van der Waals surface area contributed by atoms with Crippen molar-refractivity contribution in [3.05, 3.63) is 0 Å². The average Bonchev–Trinajstić information content (AvgIpc) is 2.04. The Hall–Kier alpha value is -0.0800. The summed E-state index contributed by atoms with van der Waals surface area (Å²) in [5, 5.41) is 13.3. The van der Waals surface area contributed by atoms with Crippen molar-refractivity contribution in [2.24, 2.45) is 5.92 Å². The lowest BCUT2D eigenvalue weighted by Gasteiger charge is -2.37. The number of piperidine rings is 1. The normalized spacial score (nSPS) is 35.2. The van der Waals surface area contributed by atoms with Crippen molar-refractivity contribution in [3.8, 4) is 0 Å². The number of rotatable bonds is 2. The third-order valence-electron chi connectivity index (χ3n) is 2.92. The van der Waals surface area contributed by atoms with Crippen LogP contribution in [0.15, 0.2) is 0 Å². The first-order chi connectivity index (χ1) is 5.19. The molecule has 1 heterocycles. The average molecular weight is 157 g/mol. The van der Waals surface area contributed by atoms with Crippen LogP contribution in [0.3, 0.4) is 0 Å². The molecule has 0 aromatic heterocycles. The van der Waals surface area contributed by atoms with E-state index in [2.05, 4.69) is 19.2 Å². The van der Waals surface area contributed by atoms with E-state index < -0.39 is 5.60 Å². The highest BCUT2D eigenvalue weighted by atomic mass is 16.3. The molecule has 0 spiro atoms. The first-order valence-corrected chi connectivity index (χ1v) is 4.62. The zero-order chi connectivity index (χ0) is 8.32. The van der Waals surface area contributed by atoms with Crippen LogP contribution in [0.5, 0.6) is 0 Å². The van der Waals surface area contributed by atoms with E-state index in [-0.39, 0.29) is 0 Å².